The van der Waals surface area contributed by atoms with Crippen molar-refractivity contribution >= 4 is 11.2 Å². The summed E-state index contributed by atoms with van der Waals surface area (Å²) in [5.74, 6) is 6.64. The van der Waals surface area contributed by atoms with E-state index < -0.39 is 0 Å². The third-order valence-corrected chi connectivity index (χ3v) is 4.17. The van der Waals surface area contributed by atoms with Gasteiger partial charge in [0.1, 0.15) is 0 Å². The van der Waals surface area contributed by atoms with E-state index in [9.17, 15) is 9.59 Å². The summed E-state index contributed by atoms with van der Waals surface area (Å²) in [4.78, 5) is 30.8. The second-order valence-corrected chi connectivity index (χ2v) is 5.66. The standard InChI is InChI=1S/C15H19N5O2/c1-17-11(7-6-10-20-8-4-5-9-20)16-12-13(17)18(2)15(22)19(3)14(12)21/h4-5,8-10H2,1-3H3. The number of imidazole rings is 1. The molecule has 1 aliphatic rings. The Labute approximate surface area is 127 Å². The molecule has 0 unspecified atom stereocenters. The second kappa shape index (κ2) is 5.46. The third-order valence-electron chi connectivity index (χ3n) is 4.17. The molecule has 0 atom stereocenters. The predicted molar refractivity (Wildman–Crippen MR) is 83.7 cm³/mol. The SMILES string of the molecule is Cn1c(=O)c2nc(C#CCN3CCCC3)n(C)c2n(C)c1=O. The van der Waals surface area contributed by atoms with Gasteiger partial charge in [0.15, 0.2) is 17.0 Å². The lowest BCUT2D eigenvalue weighted by molar-refractivity contribution is 0.383. The lowest BCUT2D eigenvalue weighted by Crippen LogP contribution is -2.37. The Balaban J connectivity index is 2.05. The smallest absolute Gasteiger partial charge is 0.306 e. The lowest BCUT2D eigenvalue weighted by Gasteiger charge is -2.08. The number of aromatic nitrogens is 4. The van der Waals surface area contributed by atoms with Crippen LogP contribution in [0.5, 0.6) is 0 Å². The Morgan fingerprint density at radius 3 is 2.41 bits per heavy atom. The van der Waals surface area contributed by atoms with E-state index in [1.807, 2.05) is 0 Å². The molecule has 2 aromatic rings. The molecule has 7 nitrogen and oxygen atoms in total. The molecule has 3 heterocycles. The molecule has 0 amide bonds. The van der Waals surface area contributed by atoms with Gasteiger partial charge >= 0.3 is 5.69 Å². The fraction of sp³-hybridized carbons (Fsp3) is 0.533. The number of rotatable bonds is 1. The van der Waals surface area contributed by atoms with Crippen LogP contribution in [-0.4, -0.2) is 43.2 Å². The van der Waals surface area contributed by atoms with E-state index in [0.717, 1.165) is 17.7 Å². The van der Waals surface area contributed by atoms with Gasteiger partial charge in [-0.25, -0.2) is 9.78 Å². The number of fused-ring (bicyclic) bond motifs is 1. The molecule has 22 heavy (non-hydrogen) atoms. The van der Waals surface area contributed by atoms with Crippen LogP contribution >= 0.6 is 0 Å². The number of likely N-dealkylation sites (tertiary alicyclic amines) is 1. The zero-order valence-electron chi connectivity index (χ0n) is 13.1. The first kappa shape index (κ1) is 14.6. The quantitative estimate of drug-likeness (QED) is 0.661. The number of nitrogens with zero attached hydrogens (tertiary/aromatic N) is 5. The second-order valence-electron chi connectivity index (χ2n) is 5.66. The topological polar surface area (TPSA) is 65.1 Å². The highest BCUT2D eigenvalue weighted by molar-refractivity contribution is 5.71. The Morgan fingerprint density at radius 2 is 1.73 bits per heavy atom. The van der Waals surface area contributed by atoms with Crippen LogP contribution in [0.25, 0.3) is 11.2 Å². The average molecular weight is 301 g/mol. The van der Waals surface area contributed by atoms with Crippen molar-refractivity contribution in [1.29, 1.82) is 0 Å². The molecule has 3 rings (SSSR count). The number of hydrogen-bond donors (Lipinski definition) is 0. The molecule has 0 aliphatic carbocycles. The molecule has 116 valence electrons. The third kappa shape index (κ3) is 2.25. The molecule has 0 bridgehead atoms. The zero-order chi connectivity index (χ0) is 15.9. The molecule has 1 saturated heterocycles. The maximum absolute atomic E-state index is 12.2. The van der Waals surface area contributed by atoms with Crippen LogP contribution in [-0.2, 0) is 21.1 Å². The molecule has 0 spiro atoms. The van der Waals surface area contributed by atoms with Crippen LogP contribution in [0.15, 0.2) is 9.59 Å². The van der Waals surface area contributed by atoms with E-state index in [2.05, 4.69) is 21.7 Å². The number of aryl methyl sites for hydroxylation is 2. The molecular weight excluding hydrogens is 282 g/mol. The minimum atomic E-state index is -0.388. The molecule has 0 radical (unpaired) electrons. The highest BCUT2D eigenvalue weighted by Crippen LogP contribution is 2.08. The summed E-state index contributed by atoms with van der Waals surface area (Å²) in [5, 5.41) is 0. The molecule has 1 fully saturated rings. The highest BCUT2D eigenvalue weighted by Gasteiger charge is 2.16. The van der Waals surface area contributed by atoms with E-state index >= 15 is 0 Å². The predicted octanol–water partition coefficient (Wildman–Crippen LogP) is -0.582. The molecule has 0 aromatic carbocycles. The summed E-state index contributed by atoms with van der Waals surface area (Å²) in [5.41, 5.74) is 0.0227. The van der Waals surface area contributed by atoms with Gasteiger partial charge in [0.25, 0.3) is 5.56 Å². The van der Waals surface area contributed by atoms with Gasteiger partial charge < -0.3 is 4.57 Å². The summed E-state index contributed by atoms with van der Waals surface area (Å²) in [7, 11) is 4.86. The fourth-order valence-electron chi connectivity index (χ4n) is 2.86. The summed E-state index contributed by atoms with van der Waals surface area (Å²) < 4.78 is 4.20. The maximum Gasteiger partial charge on any atom is 0.332 e. The molecule has 0 N–H and O–H groups in total. The zero-order valence-corrected chi connectivity index (χ0v) is 13.1. The Bertz CT molecular complexity index is 900. The van der Waals surface area contributed by atoms with Crippen molar-refractivity contribution in [1.82, 2.24) is 23.6 Å². The first-order valence-corrected chi connectivity index (χ1v) is 7.34. The van der Waals surface area contributed by atoms with E-state index in [-0.39, 0.29) is 16.8 Å². The summed E-state index contributed by atoms with van der Waals surface area (Å²) in [6.07, 6.45) is 2.46. The van der Waals surface area contributed by atoms with Gasteiger partial charge in [-0.15, -0.1) is 0 Å². The van der Waals surface area contributed by atoms with Crippen molar-refractivity contribution in [3.05, 3.63) is 26.7 Å². The van der Waals surface area contributed by atoms with Crippen molar-refractivity contribution in [2.45, 2.75) is 12.8 Å². The van der Waals surface area contributed by atoms with Crippen LogP contribution < -0.4 is 11.2 Å². The van der Waals surface area contributed by atoms with Crippen molar-refractivity contribution in [3.63, 3.8) is 0 Å². The van der Waals surface area contributed by atoms with E-state index in [1.54, 1.807) is 18.7 Å². The average Bonchev–Trinajstić information content (AvgIpc) is 3.12. The van der Waals surface area contributed by atoms with Crippen LogP contribution in [0.2, 0.25) is 0 Å². The van der Waals surface area contributed by atoms with Crippen LogP contribution in [0.4, 0.5) is 0 Å². The van der Waals surface area contributed by atoms with Crippen molar-refractivity contribution in [2.75, 3.05) is 19.6 Å². The van der Waals surface area contributed by atoms with Gasteiger partial charge in [-0.3, -0.25) is 18.8 Å². The van der Waals surface area contributed by atoms with E-state index in [4.69, 9.17) is 0 Å². The van der Waals surface area contributed by atoms with Crippen LogP contribution in [0.1, 0.15) is 18.7 Å². The van der Waals surface area contributed by atoms with E-state index in [0.29, 0.717) is 18.0 Å². The first-order valence-electron chi connectivity index (χ1n) is 7.34. The van der Waals surface area contributed by atoms with Gasteiger partial charge in [0.2, 0.25) is 0 Å². The van der Waals surface area contributed by atoms with Gasteiger partial charge in [0.05, 0.1) is 6.54 Å². The van der Waals surface area contributed by atoms with Crippen molar-refractivity contribution < 1.29 is 0 Å². The van der Waals surface area contributed by atoms with Gasteiger partial charge in [-0.05, 0) is 31.9 Å². The summed E-state index contributed by atoms with van der Waals surface area (Å²) >= 11 is 0. The van der Waals surface area contributed by atoms with Gasteiger partial charge in [-0.2, -0.15) is 0 Å². The first-order chi connectivity index (χ1) is 10.5. The minimum absolute atomic E-state index is 0.276. The largest absolute Gasteiger partial charge is 0.332 e. The Kier molecular flexibility index (Phi) is 3.62. The molecular formula is C15H19N5O2. The normalized spacial score (nSPS) is 15.2. The van der Waals surface area contributed by atoms with Crippen molar-refractivity contribution in [3.8, 4) is 11.8 Å². The minimum Gasteiger partial charge on any atom is -0.306 e. The van der Waals surface area contributed by atoms with Crippen molar-refractivity contribution in [2.24, 2.45) is 21.1 Å². The molecule has 1 aliphatic heterocycles. The molecule has 7 heteroatoms. The Morgan fingerprint density at radius 1 is 1.05 bits per heavy atom. The van der Waals surface area contributed by atoms with Gasteiger partial charge in [0, 0.05) is 21.1 Å². The van der Waals surface area contributed by atoms with Crippen LogP contribution in [0.3, 0.4) is 0 Å². The maximum atomic E-state index is 12.2. The lowest BCUT2D eigenvalue weighted by atomic mass is 10.4. The monoisotopic (exact) mass is 301 g/mol. The Hall–Kier alpha value is -2.33. The van der Waals surface area contributed by atoms with Crippen LogP contribution in [0, 0.1) is 11.8 Å². The van der Waals surface area contributed by atoms with E-state index in [1.165, 1.54) is 24.5 Å². The van der Waals surface area contributed by atoms with Gasteiger partial charge in [-0.1, -0.05) is 5.92 Å². The molecule has 0 saturated carbocycles. The molecule has 2 aromatic heterocycles. The summed E-state index contributed by atoms with van der Waals surface area (Å²) in [6.45, 7) is 2.89. The number of hydrogen-bond acceptors (Lipinski definition) is 4. The summed E-state index contributed by atoms with van der Waals surface area (Å²) in [6, 6.07) is 0. The highest BCUT2D eigenvalue weighted by atomic mass is 16.2. The fourth-order valence-corrected chi connectivity index (χ4v) is 2.86.